The van der Waals surface area contributed by atoms with E-state index in [1.54, 1.807) is 30.3 Å². The number of carbonyl (C=O) groups is 2. The summed E-state index contributed by atoms with van der Waals surface area (Å²) in [6.07, 6.45) is -0.382. The zero-order valence-electron chi connectivity index (χ0n) is 15.8. The zero-order chi connectivity index (χ0) is 20.0. The summed E-state index contributed by atoms with van der Waals surface area (Å²) in [6.45, 7) is 5.61. The quantitative estimate of drug-likeness (QED) is 0.686. The number of hydrogen-bond donors (Lipinski definition) is 2. The van der Waals surface area contributed by atoms with Crippen LogP contribution in [0.4, 0.5) is 11.4 Å². The van der Waals surface area contributed by atoms with Crippen molar-refractivity contribution in [1.82, 2.24) is 0 Å². The zero-order valence-corrected chi connectivity index (χ0v) is 16.5. The average molecular weight is 391 g/mol. The number of anilines is 2. The fourth-order valence-corrected chi connectivity index (χ4v) is 2.54. The SMILES string of the molecule is COc1cc(Cl)c(C)cc1NC(=O)CC(=O)Nc1ccccc1OC(C)C. The molecular formula is C20H23ClN2O4. The highest BCUT2D eigenvalue weighted by atomic mass is 35.5. The number of methoxy groups -OCH3 is 1. The van der Waals surface area contributed by atoms with Crippen LogP contribution in [0.5, 0.6) is 11.5 Å². The van der Waals surface area contributed by atoms with Gasteiger partial charge < -0.3 is 20.1 Å². The van der Waals surface area contributed by atoms with Crippen molar-refractivity contribution in [2.24, 2.45) is 0 Å². The van der Waals surface area contributed by atoms with Gasteiger partial charge in [0.25, 0.3) is 0 Å². The van der Waals surface area contributed by atoms with Gasteiger partial charge in [0, 0.05) is 11.1 Å². The Hall–Kier alpha value is -2.73. The predicted octanol–water partition coefficient (Wildman–Crippen LogP) is 4.41. The molecule has 0 fully saturated rings. The van der Waals surface area contributed by atoms with Gasteiger partial charge in [-0.1, -0.05) is 23.7 Å². The number of carbonyl (C=O) groups excluding carboxylic acids is 2. The molecule has 0 saturated carbocycles. The van der Waals surface area contributed by atoms with Crippen molar-refractivity contribution in [3.05, 3.63) is 47.0 Å². The molecule has 144 valence electrons. The number of rotatable bonds is 7. The predicted molar refractivity (Wildman–Crippen MR) is 107 cm³/mol. The molecule has 0 heterocycles. The normalized spacial score (nSPS) is 10.4. The van der Waals surface area contributed by atoms with Crippen LogP contribution in [0.3, 0.4) is 0 Å². The molecule has 0 aliphatic carbocycles. The first-order chi connectivity index (χ1) is 12.8. The summed E-state index contributed by atoms with van der Waals surface area (Å²) in [5.74, 6) is 0.0676. The molecule has 27 heavy (non-hydrogen) atoms. The topological polar surface area (TPSA) is 76.7 Å². The molecule has 0 bridgehead atoms. The van der Waals surface area contributed by atoms with Crippen LogP contribution in [0.1, 0.15) is 25.8 Å². The molecule has 2 aromatic carbocycles. The van der Waals surface area contributed by atoms with Crippen LogP contribution in [0.25, 0.3) is 0 Å². The summed E-state index contributed by atoms with van der Waals surface area (Å²) in [5, 5.41) is 5.91. The van der Waals surface area contributed by atoms with Gasteiger partial charge >= 0.3 is 0 Å². The number of amides is 2. The van der Waals surface area contributed by atoms with E-state index < -0.39 is 11.8 Å². The third kappa shape index (κ3) is 5.89. The maximum Gasteiger partial charge on any atom is 0.233 e. The van der Waals surface area contributed by atoms with E-state index in [4.69, 9.17) is 21.1 Å². The van der Waals surface area contributed by atoms with Crippen LogP contribution in [0, 0.1) is 6.92 Å². The summed E-state index contributed by atoms with van der Waals surface area (Å²) in [6, 6.07) is 10.4. The Kier molecular flexibility index (Phi) is 7.07. The molecular weight excluding hydrogens is 368 g/mol. The molecule has 6 nitrogen and oxygen atoms in total. The van der Waals surface area contributed by atoms with Crippen LogP contribution in [0.15, 0.2) is 36.4 Å². The van der Waals surface area contributed by atoms with Gasteiger partial charge in [-0.2, -0.15) is 0 Å². The maximum absolute atomic E-state index is 12.2. The Labute approximate surface area is 163 Å². The maximum atomic E-state index is 12.2. The average Bonchev–Trinajstić information content (AvgIpc) is 2.59. The van der Waals surface area contributed by atoms with E-state index in [0.29, 0.717) is 27.9 Å². The molecule has 2 rings (SSSR count). The highest BCUT2D eigenvalue weighted by Gasteiger charge is 2.15. The lowest BCUT2D eigenvalue weighted by Gasteiger charge is -2.15. The molecule has 0 unspecified atom stereocenters. The summed E-state index contributed by atoms with van der Waals surface area (Å²) >= 11 is 6.06. The Bertz CT molecular complexity index is 837. The standard InChI is InChI=1S/C20H23ClN2O4/c1-12(2)27-17-8-6-5-7-15(17)22-19(24)11-20(25)23-16-9-13(3)14(21)10-18(16)26-4/h5-10,12H,11H2,1-4H3,(H,22,24)(H,23,25). The van der Waals surface area contributed by atoms with Crippen molar-refractivity contribution in [1.29, 1.82) is 0 Å². The van der Waals surface area contributed by atoms with Gasteiger partial charge in [-0.05, 0) is 44.5 Å². The molecule has 0 radical (unpaired) electrons. The van der Waals surface area contributed by atoms with Crippen molar-refractivity contribution >= 4 is 34.8 Å². The third-order valence-corrected chi connectivity index (χ3v) is 4.01. The van der Waals surface area contributed by atoms with Gasteiger partial charge in [0.05, 0.1) is 24.6 Å². The number of nitrogens with one attached hydrogen (secondary N) is 2. The fraction of sp³-hybridized carbons (Fsp3) is 0.300. The Balaban J connectivity index is 2.03. The van der Waals surface area contributed by atoms with E-state index in [1.165, 1.54) is 7.11 Å². The van der Waals surface area contributed by atoms with Crippen LogP contribution in [-0.2, 0) is 9.59 Å². The van der Waals surface area contributed by atoms with Crippen LogP contribution >= 0.6 is 11.6 Å². The molecule has 2 N–H and O–H groups in total. The van der Waals surface area contributed by atoms with Crippen molar-refractivity contribution in [3.63, 3.8) is 0 Å². The molecule has 0 saturated heterocycles. The van der Waals surface area contributed by atoms with Crippen LogP contribution in [-0.4, -0.2) is 25.0 Å². The molecule has 2 amide bonds. The molecule has 7 heteroatoms. The lowest BCUT2D eigenvalue weighted by Crippen LogP contribution is -2.22. The van der Waals surface area contributed by atoms with Gasteiger partial charge in [-0.15, -0.1) is 0 Å². The molecule has 0 spiro atoms. The number of hydrogen-bond acceptors (Lipinski definition) is 4. The van der Waals surface area contributed by atoms with Gasteiger partial charge in [0.1, 0.15) is 17.9 Å². The summed E-state index contributed by atoms with van der Waals surface area (Å²) < 4.78 is 10.9. The van der Waals surface area contributed by atoms with E-state index in [0.717, 1.165) is 5.56 Å². The highest BCUT2D eigenvalue weighted by molar-refractivity contribution is 6.31. The van der Waals surface area contributed by atoms with Gasteiger partial charge in [-0.25, -0.2) is 0 Å². The van der Waals surface area contributed by atoms with E-state index >= 15 is 0 Å². The monoisotopic (exact) mass is 390 g/mol. The Morgan fingerprint density at radius 3 is 2.30 bits per heavy atom. The first kappa shape index (κ1) is 20.6. The van der Waals surface area contributed by atoms with Crippen LogP contribution in [0.2, 0.25) is 5.02 Å². The number of para-hydroxylation sites is 2. The molecule has 0 aromatic heterocycles. The minimum Gasteiger partial charge on any atom is -0.495 e. The molecule has 2 aromatic rings. The van der Waals surface area contributed by atoms with Gasteiger partial charge in [0.15, 0.2) is 0 Å². The van der Waals surface area contributed by atoms with Crippen molar-refractivity contribution in [2.75, 3.05) is 17.7 Å². The first-order valence-corrected chi connectivity index (χ1v) is 8.87. The Morgan fingerprint density at radius 2 is 1.67 bits per heavy atom. The lowest BCUT2D eigenvalue weighted by molar-refractivity contribution is -0.123. The second-order valence-corrected chi connectivity index (χ2v) is 6.64. The lowest BCUT2D eigenvalue weighted by atomic mass is 10.2. The second-order valence-electron chi connectivity index (χ2n) is 6.24. The van der Waals surface area contributed by atoms with E-state index in [-0.39, 0.29) is 12.5 Å². The third-order valence-electron chi connectivity index (χ3n) is 3.60. The van der Waals surface area contributed by atoms with E-state index in [2.05, 4.69) is 10.6 Å². The van der Waals surface area contributed by atoms with E-state index in [9.17, 15) is 9.59 Å². The van der Waals surface area contributed by atoms with Crippen molar-refractivity contribution < 1.29 is 19.1 Å². The number of benzene rings is 2. The minimum absolute atomic E-state index is 0.0352. The largest absolute Gasteiger partial charge is 0.495 e. The van der Waals surface area contributed by atoms with Crippen LogP contribution < -0.4 is 20.1 Å². The highest BCUT2D eigenvalue weighted by Crippen LogP contribution is 2.31. The van der Waals surface area contributed by atoms with Crippen molar-refractivity contribution in [3.8, 4) is 11.5 Å². The van der Waals surface area contributed by atoms with E-state index in [1.807, 2.05) is 26.8 Å². The molecule has 0 atom stereocenters. The second kappa shape index (κ2) is 9.28. The number of aryl methyl sites for hydroxylation is 1. The minimum atomic E-state index is -0.463. The summed E-state index contributed by atoms with van der Waals surface area (Å²) in [7, 11) is 1.48. The summed E-state index contributed by atoms with van der Waals surface area (Å²) in [5.41, 5.74) is 1.77. The molecule has 0 aliphatic rings. The smallest absolute Gasteiger partial charge is 0.233 e. The van der Waals surface area contributed by atoms with Crippen molar-refractivity contribution in [2.45, 2.75) is 33.3 Å². The van der Waals surface area contributed by atoms with Gasteiger partial charge in [0.2, 0.25) is 11.8 Å². The number of ether oxygens (including phenoxy) is 2. The summed E-state index contributed by atoms with van der Waals surface area (Å²) in [4.78, 5) is 24.5. The fourth-order valence-electron chi connectivity index (χ4n) is 2.39. The Morgan fingerprint density at radius 1 is 1.04 bits per heavy atom. The van der Waals surface area contributed by atoms with Gasteiger partial charge in [-0.3, -0.25) is 9.59 Å². The molecule has 0 aliphatic heterocycles. The first-order valence-electron chi connectivity index (χ1n) is 8.49. The number of halogens is 1.